The van der Waals surface area contributed by atoms with Crippen LogP contribution in [0.5, 0.6) is 5.75 Å². The molecule has 0 radical (unpaired) electrons. The lowest BCUT2D eigenvalue weighted by atomic mass is 9.68. The summed E-state index contributed by atoms with van der Waals surface area (Å²) in [5.74, 6) is 2.59. The van der Waals surface area contributed by atoms with Crippen molar-refractivity contribution in [3.8, 4) is 5.75 Å². The second-order valence-electron chi connectivity index (χ2n) is 6.32. The third kappa shape index (κ3) is 2.64. The number of methoxy groups -OCH3 is 1. The number of aryl methyl sites for hydroxylation is 2. The van der Waals surface area contributed by atoms with Crippen molar-refractivity contribution in [1.82, 2.24) is 5.32 Å². The van der Waals surface area contributed by atoms with E-state index in [0.717, 1.165) is 17.7 Å². The first-order valence-corrected chi connectivity index (χ1v) is 7.57. The van der Waals surface area contributed by atoms with Crippen molar-refractivity contribution in [2.45, 2.75) is 51.5 Å². The van der Waals surface area contributed by atoms with Gasteiger partial charge in [-0.3, -0.25) is 0 Å². The van der Waals surface area contributed by atoms with E-state index in [-0.39, 0.29) is 0 Å². The highest BCUT2D eigenvalue weighted by Gasteiger charge is 2.35. The Labute approximate surface area is 116 Å². The molecule has 19 heavy (non-hydrogen) atoms. The van der Waals surface area contributed by atoms with Gasteiger partial charge in [0.15, 0.2) is 0 Å². The van der Waals surface area contributed by atoms with Crippen molar-refractivity contribution in [1.29, 1.82) is 0 Å². The first kappa shape index (κ1) is 13.0. The van der Waals surface area contributed by atoms with Crippen LogP contribution in [0.2, 0.25) is 0 Å². The van der Waals surface area contributed by atoms with Crippen LogP contribution in [-0.4, -0.2) is 19.7 Å². The molecule has 104 valence electrons. The number of nitrogens with one attached hydrogen (secondary N) is 1. The van der Waals surface area contributed by atoms with Crippen molar-refractivity contribution in [2.75, 3.05) is 13.7 Å². The maximum absolute atomic E-state index is 5.63. The fourth-order valence-electron chi connectivity index (χ4n) is 3.38. The molecule has 0 bridgehead atoms. The van der Waals surface area contributed by atoms with E-state index in [1.807, 2.05) is 0 Å². The molecule has 2 saturated carbocycles. The molecule has 0 aliphatic heterocycles. The third-order valence-corrected chi connectivity index (χ3v) is 4.75. The van der Waals surface area contributed by atoms with Gasteiger partial charge in [-0.15, -0.1) is 0 Å². The van der Waals surface area contributed by atoms with Gasteiger partial charge >= 0.3 is 0 Å². The minimum absolute atomic E-state index is 0.696. The van der Waals surface area contributed by atoms with E-state index >= 15 is 0 Å². The van der Waals surface area contributed by atoms with Gasteiger partial charge in [-0.25, -0.2) is 0 Å². The molecule has 2 unspecified atom stereocenters. The molecule has 3 rings (SSSR count). The van der Waals surface area contributed by atoms with Crippen LogP contribution in [0.15, 0.2) is 12.1 Å². The minimum Gasteiger partial charge on any atom is -0.496 e. The largest absolute Gasteiger partial charge is 0.496 e. The summed E-state index contributed by atoms with van der Waals surface area (Å²) in [6.45, 7) is 5.56. The monoisotopic (exact) mass is 259 g/mol. The highest BCUT2D eigenvalue weighted by molar-refractivity contribution is 5.46. The normalized spacial score (nSPS) is 26.1. The van der Waals surface area contributed by atoms with E-state index in [1.165, 1.54) is 48.9 Å². The molecule has 0 aromatic heterocycles. The number of hydrogen-bond acceptors (Lipinski definition) is 2. The molecule has 2 aliphatic carbocycles. The standard InChI is InChI=1S/C17H25NO/c1-11-8-12(2)17(16(9-11)19-3)15-7-4-13(15)10-18-14-5-6-14/h8-9,13-15,18H,4-7,10H2,1-3H3. The summed E-state index contributed by atoms with van der Waals surface area (Å²) < 4.78 is 5.63. The summed E-state index contributed by atoms with van der Waals surface area (Å²) in [6.07, 6.45) is 5.44. The average Bonchev–Trinajstić information content (AvgIpc) is 3.14. The van der Waals surface area contributed by atoms with E-state index in [9.17, 15) is 0 Å². The Morgan fingerprint density at radius 2 is 1.95 bits per heavy atom. The Hall–Kier alpha value is -1.02. The van der Waals surface area contributed by atoms with Crippen LogP contribution >= 0.6 is 0 Å². The molecule has 2 heteroatoms. The van der Waals surface area contributed by atoms with Gasteiger partial charge in [0.05, 0.1) is 7.11 Å². The van der Waals surface area contributed by atoms with E-state index in [0.29, 0.717) is 5.92 Å². The average molecular weight is 259 g/mol. The highest BCUT2D eigenvalue weighted by Crippen LogP contribution is 2.47. The smallest absolute Gasteiger partial charge is 0.122 e. The van der Waals surface area contributed by atoms with E-state index in [4.69, 9.17) is 4.74 Å². The van der Waals surface area contributed by atoms with E-state index in [2.05, 4.69) is 31.3 Å². The minimum atomic E-state index is 0.696. The van der Waals surface area contributed by atoms with Gasteiger partial charge in [-0.05, 0) is 75.1 Å². The summed E-state index contributed by atoms with van der Waals surface area (Å²) in [5.41, 5.74) is 4.16. The third-order valence-electron chi connectivity index (χ3n) is 4.75. The summed E-state index contributed by atoms with van der Waals surface area (Å²) in [4.78, 5) is 0. The van der Waals surface area contributed by atoms with Crippen molar-refractivity contribution in [2.24, 2.45) is 5.92 Å². The molecule has 2 fully saturated rings. The molecule has 2 atom stereocenters. The maximum atomic E-state index is 5.63. The summed E-state index contributed by atoms with van der Waals surface area (Å²) in [7, 11) is 1.80. The summed E-state index contributed by atoms with van der Waals surface area (Å²) in [6, 6.07) is 5.30. The van der Waals surface area contributed by atoms with Crippen LogP contribution in [-0.2, 0) is 0 Å². The lowest BCUT2D eigenvalue weighted by Crippen LogP contribution is -2.35. The van der Waals surface area contributed by atoms with Gasteiger partial charge in [-0.1, -0.05) is 6.07 Å². The van der Waals surface area contributed by atoms with Crippen LogP contribution < -0.4 is 10.1 Å². The molecule has 1 aromatic rings. The Kier molecular flexibility index (Phi) is 3.53. The SMILES string of the molecule is COc1cc(C)cc(C)c1C1CCC1CNC1CC1. The molecular weight excluding hydrogens is 234 g/mol. The molecular formula is C17H25NO. The Bertz CT molecular complexity index is 465. The number of ether oxygens (including phenoxy) is 1. The quantitative estimate of drug-likeness (QED) is 0.873. The first-order chi connectivity index (χ1) is 9.19. The Morgan fingerprint density at radius 3 is 2.53 bits per heavy atom. The molecule has 0 spiro atoms. The molecule has 2 aliphatic rings. The zero-order valence-corrected chi connectivity index (χ0v) is 12.3. The van der Waals surface area contributed by atoms with Crippen LogP contribution in [0.25, 0.3) is 0 Å². The first-order valence-electron chi connectivity index (χ1n) is 7.57. The molecule has 0 saturated heterocycles. The molecule has 1 aromatic carbocycles. The number of hydrogen-bond donors (Lipinski definition) is 1. The van der Waals surface area contributed by atoms with Gasteiger partial charge in [0, 0.05) is 11.6 Å². The molecule has 2 nitrogen and oxygen atoms in total. The van der Waals surface area contributed by atoms with Gasteiger partial charge in [0.2, 0.25) is 0 Å². The topological polar surface area (TPSA) is 21.3 Å². The number of rotatable bonds is 5. The summed E-state index contributed by atoms with van der Waals surface area (Å²) >= 11 is 0. The zero-order chi connectivity index (χ0) is 13.4. The van der Waals surface area contributed by atoms with Crippen molar-refractivity contribution >= 4 is 0 Å². The molecule has 1 N–H and O–H groups in total. The highest BCUT2D eigenvalue weighted by atomic mass is 16.5. The van der Waals surface area contributed by atoms with Crippen molar-refractivity contribution < 1.29 is 4.74 Å². The molecule has 0 heterocycles. The van der Waals surface area contributed by atoms with Gasteiger partial charge in [-0.2, -0.15) is 0 Å². The number of benzene rings is 1. The van der Waals surface area contributed by atoms with Crippen LogP contribution in [0, 0.1) is 19.8 Å². The predicted molar refractivity (Wildman–Crippen MR) is 79.0 cm³/mol. The van der Waals surface area contributed by atoms with Crippen molar-refractivity contribution in [3.05, 3.63) is 28.8 Å². The lowest BCUT2D eigenvalue weighted by molar-refractivity contribution is 0.238. The molecule has 0 amide bonds. The Morgan fingerprint density at radius 1 is 1.16 bits per heavy atom. The van der Waals surface area contributed by atoms with E-state index < -0.39 is 0 Å². The maximum Gasteiger partial charge on any atom is 0.122 e. The van der Waals surface area contributed by atoms with Gasteiger partial charge in [0.25, 0.3) is 0 Å². The second-order valence-corrected chi connectivity index (χ2v) is 6.32. The van der Waals surface area contributed by atoms with Crippen LogP contribution in [0.4, 0.5) is 0 Å². The van der Waals surface area contributed by atoms with Crippen LogP contribution in [0.3, 0.4) is 0 Å². The lowest BCUT2D eigenvalue weighted by Gasteiger charge is -2.39. The van der Waals surface area contributed by atoms with Crippen molar-refractivity contribution in [3.63, 3.8) is 0 Å². The predicted octanol–water partition coefficient (Wildman–Crippen LogP) is 3.56. The fourth-order valence-corrected chi connectivity index (χ4v) is 3.38. The summed E-state index contributed by atoms with van der Waals surface area (Å²) in [5, 5.41) is 3.69. The van der Waals surface area contributed by atoms with Gasteiger partial charge < -0.3 is 10.1 Å². The fraction of sp³-hybridized carbons (Fsp3) is 0.647. The van der Waals surface area contributed by atoms with Crippen LogP contribution in [0.1, 0.15) is 48.3 Å². The van der Waals surface area contributed by atoms with Gasteiger partial charge in [0.1, 0.15) is 5.75 Å². The second kappa shape index (κ2) is 5.16. The van der Waals surface area contributed by atoms with E-state index in [1.54, 1.807) is 7.11 Å². The Balaban J connectivity index is 1.76. The zero-order valence-electron chi connectivity index (χ0n) is 12.3.